The van der Waals surface area contributed by atoms with Crippen molar-refractivity contribution >= 4 is 16.7 Å². The molecule has 0 aliphatic heterocycles. The van der Waals surface area contributed by atoms with Gasteiger partial charge in [-0.15, -0.1) is 0 Å². The number of anilines is 1. The van der Waals surface area contributed by atoms with Crippen molar-refractivity contribution in [3.8, 4) is 0 Å². The Balaban J connectivity index is 2.08. The second kappa shape index (κ2) is 5.24. The highest BCUT2D eigenvalue weighted by Gasteiger charge is 2.13. The standard InChI is InChI=1S/C18H21N3/c1-12(2)21-17-9-4-13(3)10-16(17)20-18(21)11-14-5-7-15(19)8-6-14/h4-10,12H,11,19H2,1-3H3. The molecule has 0 radical (unpaired) electrons. The Morgan fingerprint density at radius 1 is 1.10 bits per heavy atom. The van der Waals surface area contributed by atoms with Gasteiger partial charge < -0.3 is 10.3 Å². The van der Waals surface area contributed by atoms with Gasteiger partial charge in [0, 0.05) is 18.2 Å². The number of rotatable bonds is 3. The van der Waals surface area contributed by atoms with Crippen molar-refractivity contribution in [1.82, 2.24) is 9.55 Å². The number of nitrogens with zero attached hydrogens (tertiary/aromatic N) is 2. The van der Waals surface area contributed by atoms with Gasteiger partial charge >= 0.3 is 0 Å². The smallest absolute Gasteiger partial charge is 0.114 e. The summed E-state index contributed by atoms with van der Waals surface area (Å²) in [5.74, 6) is 1.11. The molecule has 2 aromatic carbocycles. The third-order valence-corrected chi connectivity index (χ3v) is 3.78. The van der Waals surface area contributed by atoms with Gasteiger partial charge in [-0.25, -0.2) is 4.98 Å². The highest BCUT2D eigenvalue weighted by Crippen LogP contribution is 2.24. The molecule has 0 bridgehead atoms. The maximum absolute atomic E-state index is 5.76. The van der Waals surface area contributed by atoms with Gasteiger partial charge in [-0.05, 0) is 56.2 Å². The Morgan fingerprint density at radius 3 is 2.48 bits per heavy atom. The molecule has 2 N–H and O–H groups in total. The Morgan fingerprint density at radius 2 is 1.81 bits per heavy atom. The van der Waals surface area contributed by atoms with Crippen LogP contribution in [0, 0.1) is 6.92 Å². The van der Waals surface area contributed by atoms with Crippen LogP contribution in [0.15, 0.2) is 42.5 Å². The molecule has 3 rings (SSSR count). The third kappa shape index (κ3) is 2.64. The Bertz CT molecular complexity index is 767. The van der Waals surface area contributed by atoms with Gasteiger partial charge in [0.2, 0.25) is 0 Å². The van der Waals surface area contributed by atoms with Crippen LogP contribution in [0.25, 0.3) is 11.0 Å². The van der Waals surface area contributed by atoms with Crippen LogP contribution in [0.2, 0.25) is 0 Å². The molecule has 0 saturated heterocycles. The van der Waals surface area contributed by atoms with Crippen LogP contribution in [0.4, 0.5) is 5.69 Å². The molecule has 0 aliphatic rings. The SMILES string of the molecule is Cc1ccc2c(c1)nc(Cc1ccc(N)cc1)n2C(C)C. The van der Waals surface area contributed by atoms with E-state index in [9.17, 15) is 0 Å². The molecule has 1 aromatic heterocycles. The Hall–Kier alpha value is -2.29. The van der Waals surface area contributed by atoms with E-state index in [-0.39, 0.29) is 0 Å². The number of hydrogen-bond acceptors (Lipinski definition) is 2. The zero-order chi connectivity index (χ0) is 15.0. The predicted molar refractivity (Wildman–Crippen MR) is 88.5 cm³/mol. The van der Waals surface area contributed by atoms with E-state index in [1.807, 2.05) is 12.1 Å². The van der Waals surface area contributed by atoms with Crippen molar-refractivity contribution in [2.24, 2.45) is 0 Å². The average molecular weight is 279 g/mol. The first kappa shape index (κ1) is 13.7. The second-order valence-corrected chi connectivity index (χ2v) is 5.90. The summed E-state index contributed by atoms with van der Waals surface area (Å²) in [6.07, 6.45) is 0.826. The maximum atomic E-state index is 5.76. The van der Waals surface area contributed by atoms with Crippen molar-refractivity contribution in [3.05, 3.63) is 59.4 Å². The lowest BCUT2D eigenvalue weighted by atomic mass is 10.1. The molecule has 0 aliphatic carbocycles. The van der Waals surface area contributed by atoms with E-state index >= 15 is 0 Å². The van der Waals surface area contributed by atoms with E-state index < -0.39 is 0 Å². The van der Waals surface area contributed by atoms with E-state index in [0.717, 1.165) is 23.4 Å². The molecule has 0 atom stereocenters. The van der Waals surface area contributed by atoms with Crippen LogP contribution < -0.4 is 5.73 Å². The van der Waals surface area contributed by atoms with Crippen molar-refractivity contribution in [1.29, 1.82) is 0 Å². The summed E-state index contributed by atoms with van der Waals surface area (Å²) in [6.45, 7) is 6.51. The number of aromatic nitrogens is 2. The predicted octanol–water partition coefficient (Wildman–Crippen LogP) is 4.10. The quantitative estimate of drug-likeness (QED) is 0.734. The molecule has 0 spiro atoms. The van der Waals surface area contributed by atoms with Gasteiger partial charge in [-0.1, -0.05) is 18.2 Å². The van der Waals surface area contributed by atoms with Crippen LogP contribution in [-0.2, 0) is 6.42 Å². The number of nitrogen functional groups attached to an aromatic ring is 1. The van der Waals surface area contributed by atoms with Gasteiger partial charge in [0.05, 0.1) is 11.0 Å². The summed E-state index contributed by atoms with van der Waals surface area (Å²) in [7, 11) is 0. The van der Waals surface area contributed by atoms with Gasteiger partial charge in [0.1, 0.15) is 5.82 Å². The van der Waals surface area contributed by atoms with Crippen molar-refractivity contribution in [2.45, 2.75) is 33.2 Å². The molecule has 1 heterocycles. The van der Waals surface area contributed by atoms with E-state index in [0.29, 0.717) is 6.04 Å². The van der Waals surface area contributed by atoms with E-state index in [2.05, 4.69) is 55.7 Å². The number of fused-ring (bicyclic) bond motifs is 1. The molecule has 108 valence electrons. The topological polar surface area (TPSA) is 43.8 Å². The highest BCUT2D eigenvalue weighted by molar-refractivity contribution is 5.77. The average Bonchev–Trinajstić information content (AvgIpc) is 2.78. The molecule has 3 heteroatoms. The second-order valence-electron chi connectivity index (χ2n) is 5.90. The molecular formula is C18H21N3. The number of imidazole rings is 1. The van der Waals surface area contributed by atoms with Crippen LogP contribution >= 0.6 is 0 Å². The summed E-state index contributed by atoms with van der Waals surface area (Å²) in [5, 5.41) is 0. The Labute approximate surface area is 125 Å². The first-order valence-electron chi connectivity index (χ1n) is 7.36. The lowest BCUT2D eigenvalue weighted by Crippen LogP contribution is -2.07. The monoisotopic (exact) mass is 279 g/mol. The van der Waals surface area contributed by atoms with Gasteiger partial charge in [0.15, 0.2) is 0 Å². The first-order valence-corrected chi connectivity index (χ1v) is 7.36. The zero-order valence-electron chi connectivity index (χ0n) is 12.8. The minimum atomic E-state index is 0.390. The third-order valence-electron chi connectivity index (χ3n) is 3.78. The molecular weight excluding hydrogens is 258 g/mol. The van der Waals surface area contributed by atoms with Crippen molar-refractivity contribution < 1.29 is 0 Å². The highest BCUT2D eigenvalue weighted by atomic mass is 15.1. The zero-order valence-corrected chi connectivity index (χ0v) is 12.8. The maximum Gasteiger partial charge on any atom is 0.114 e. The largest absolute Gasteiger partial charge is 0.399 e. The molecule has 3 aromatic rings. The van der Waals surface area contributed by atoms with Gasteiger partial charge in [0.25, 0.3) is 0 Å². The van der Waals surface area contributed by atoms with Crippen LogP contribution in [0.3, 0.4) is 0 Å². The summed E-state index contributed by atoms with van der Waals surface area (Å²) in [5.41, 5.74) is 11.3. The summed E-state index contributed by atoms with van der Waals surface area (Å²) in [4.78, 5) is 4.84. The minimum absolute atomic E-state index is 0.390. The number of benzene rings is 2. The fourth-order valence-electron chi connectivity index (χ4n) is 2.78. The molecule has 0 saturated carbocycles. The number of hydrogen-bond donors (Lipinski definition) is 1. The molecule has 21 heavy (non-hydrogen) atoms. The molecule has 0 fully saturated rings. The molecule has 0 unspecified atom stereocenters. The molecule has 3 nitrogen and oxygen atoms in total. The first-order chi connectivity index (χ1) is 10.0. The van der Waals surface area contributed by atoms with Crippen LogP contribution in [0.1, 0.15) is 36.8 Å². The summed E-state index contributed by atoms with van der Waals surface area (Å²) >= 11 is 0. The van der Waals surface area contributed by atoms with Crippen LogP contribution in [-0.4, -0.2) is 9.55 Å². The number of nitrogens with two attached hydrogens (primary N) is 1. The number of aryl methyl sites for hydroxylation is 1. The Kier molecular flexibility index (Phi) is 3.42. The van der Waals surface area contributed by atoms with E-state index in [1.165, 1.54) is 16.6 Å². The van der Waals surface area contributed by atoms with Gasteiger partial charge in [-0.3, -0.25) is 0 Å². The lowest BCUT2D eigenvalue weighted by molar-refractivity contribution is 0.591. The normalized spacial score (nSPS) is 11.4. The van der Waals surface area contributed by atoms with Gasteiger partial charge in [-0.2, -0.15) is 0 Å². The minimum Gasteiger partial charge on any atom is -0.399 e. The van der Waals surface area contributed by atoms with Crippen molar-refractivity contribution in [2.75, 3.05) is 5.73 Å². The molecule has 0 amide bonds. The van der Waals surface area contributed by atoms with Crippen LogP contribution in [0.5, 0.6) is 0 Å². The summed E-state index contributed by atoms with van der Waals surface area (Å²) < 4.78 is 2.32. The fraction of sp³-hybridized carbons (Fsp3) is 0.278. The summed E-state index contributed by atoms with van der Waals surface area (Å²) in [6, 6.07) is 14.9. The van der Waals surface area contributed by atoms with Crippen molar-refractivity contribution in [3.63, 3.8) is 0 Å². The fourth-order valence-corrected chi connectivity index (χ4v) is 2.78. The lowest BCUT2D eigenvalue weighted by Gasteiger charge is -2.13. The van der Waals surface area contributed by atoms with E-state index in [4.69, 9.17) is 10.7 Å². The van der Waals surface area contributed by atoms with E-state index in [1.54, 1.807) is 0 Å².